The van der Waals surface area contributed by atoms with Gasteiger partial charge < -0.3 is 10.1 Å². The van der Waals surface area contributed by atoms with Crippen LogP contribution in [0.2, 0.25) is 0 Å². The van der Waals surface area contributed by atoms with E-state index in [1.807, 2.05) is 11.8 Å². The molecule has 1 unspecified atom stereocenters. The third-order valence-corrected chi connectivity index (χ3v) is 4.66. The summed E-state index contributed by atoms with van der Waals surface area (Å²) in [5, 5.41) is 3.36. The second kappa shape index (κ2) is 3.97. The van der Waals surface area contributed by atoms with E-state index in [1.165, 1.54) is 16.9 Å². The minimum absolute atomic E-state index is 0.0466. The van der Waals surface area contributed by atoms with Crippen LogP contribution in [0, 0.1) is 0 Å². The van der Waals surface area contributed by atoms with Crippen molar-refractivity contribution in [3.05, 3.63) is 29.3 Å². The van der Waals surface area contributed by atoms with Gasteiger partial charge in [0.2, 0.25) is 0 Å². The fourth-order valence-electron chi connectivity index (χ4n) is 2.35. The van der Waals surface area contributed by atoms with Crippen molar-refractivity contribution in [1.29, 1.82) is 0 Å². The van der Waals surface area contributed by atoms with E-state index in [-0.39, 0.29) is 5.60 Å². The molecule has 0 saturated carbocycles. The summed E-state index contributed by atoms with van der Waals surface area (Å²) < 4.78 is 6.14. The van der Waals surface area contributed by atoms with Gasteiger partial charge in [-0.05, 0) is 42.4 Å². The molecule has 0 radical (unpaired) electrons. The number of ether oxygens (including phenoxy) is 1. The molecule has 0 amide bonds. The molecule has 1 saturated heterocycles. The van der Waals surface area contributed by atoms with E-state index in [0.29, 0.717) is 0 Å². The number of fused-ring (bicyclic) bond motifs is 1. The van der Waals surface area contributed by atoms with Gasteiger partial charge in [-0.2, -0.15) is 11.8 Å². The molecule has 3 heteroatoms. The Kier molecular flexibility index (Phi) is 2.60. The van der Waals surface area contributed by atoms with Gasteiger partial charge in [0.25, 0.3) is 0 Å². The Bertz CT molecular complexity index is 399. The van der Waals surface area contributed by atoms with Crippen LogP contribution in [0.1, 0.15) is 24.5 Å². The highest BCUT2D eigenvalue weighted by atomic mass is 32.2. The van der Waals surface area contributed by atoms with Crippen molar-refractivity contribution in [3.63, 3.8) is 0 Å². The van der Waals surface area contributed by atoms with Crippen LogP contribution in [0.3, 0.4) is 0 Å². The van der Waals surface area contributed by atoms with Gasteiger partial charge in [0.1, 0.15) is 11.4 Å². The van der Waals surface area contributed by atoms with E-state index in [1.54, 1.807) is 0 Å². The SMILES string of the molecule is CC1(Oc2ccc3c(c2)CNC3)CCSC1. The largest absolute Gasteiger partial charge is 0.487 e. The van der Waals surface area contributed by atoms with Crippen LogP contribution < -0.4 is 10.1 Å². The smallest absolute Gasteiger partial charge is 0.120 e. The van der Waals surface area contributed by atoms with Crippen LogP contribution in [0.5, 0.6) is 5.75 Å². The lowest BCUT2D eigenvalue weighted by atomic mass is 10.1. The molecule has 1 aromatic rings. The highest BCUT2D eigenvalue weighted by Gasteiger charge is 2.31. The van der Waals surface area contributed by atoms with Gasteiger partial charge >= 0.3 is 0 Å². The van der Waals surface area contributed by atoms with E-state index in [4.69, 9.17) is 4.74 Å². The average molecular weight is 235 g/mol. The van der Waals surface area contributed by atoms with Crippen LogP contribution in [0.4, 0.5) is 0 Å². The van der Waals surface area contributed by atoms with Gasteiger partial charge in [-0.1, -0.05) is 6.07 Å². The van der Waals surface area contributed by atoms with Crippen molar-refractivity contribution in [2.24, 2.45) is 0 Å². The van der Waals surface area contributed by atoms with E-state index in [0.717, 1.165) is 31.0 Å². The average Bonchev–Trinajstić information content (AvgIpc) is 2.86. The Morgan fingerprint density at radius 1 is 1.31 bits per heavy atom. The lowest BCUT2D eigenvalue weighted by molar-refractivity contribution is 0.118. The van der Waals surface area contributed by atoms with Gasteiger partial charge in [0, 0.05) is 18.8 Å². The summed E-state index contributed by atoms with van der Waals surface area (Å²) in [4.78, 5) is 0. The maximum Gasteiger partial charge on any atom is 0.120 e. The van der Waals surface area contributed by atoms with E-state index in [9.17, 15) is 0 Å². The molecule has 3 rings (SSSR count). The number of benzene rings is 1. The highest BCUT2D eigenvalue weighted by Crippen LogP contribution is 2.33. The quantitative estimate of drug-likeness (QED) is 0.851. The summed E-state index contributed by atoms with van der Waals surface area (Å²) in [7, 11) is 0. The fourth-order valence-corrected chi connectivity index (χ4v) is 3.70. The molecule has 86 valence electrons. The molecule has 0 aromatic heterocycles. The molecule has 16 heavy (non-hydrogen) atoms. The molecule has 0 aliphatic carbocycles. The Morgan fingerprint density at radius 3 is 3.00 bits per heavy atom. The first kappa shape index (κ1) is 10.5. The molecule has 0 bridgehead atoms. The molecule has 1 atom stereocenters. The molecular weight excluding hydrogens is 218 g/mol. The third-order valence-electron chi connectivity index (χ3n) is 3.36. The fraction of sp³-hybridized carbons (Fsp3) is 0.538. The lowest BCUT2D eigenvalue weighted by Gasteiger charge is -2.25. The van der Waals surface area contributed by atoms with Gasteiger partial charge in [-0.15, -0.1) is 0 Å². The van der Waals surface area contributed by atoms with Gasteiger partial charge in [-0.3, -0.25) is 0 Å². The van der Waals surface area contributed by atoms with E-state index < -0.39 is 0 Å². The van der Waals surface area contributed by atoms with Crippen molar-refractivity contribution in [2.45, 2.75) is 32.0 Å². The Labute approximate surface area is 101 Å². The first-order valence-corrected chi connectivity index (χ1v) is 7.00. The minimum atomic E-state index is 0.0466. The van der Waals surface area contributed by atoms with E-state index in [2.05, 4.69) is 30.4 Å². The molecule has 0 spiro atoms. The molecule has 2 nitrogen and oxygen atoms in total. The standard InChI is InChI=1S/C13H17NOS/c1-13(4-5-16-9-13)15-12-3-2-10-7-14-8-11(10)6-12/h2-3,6,14H,4-5,7-9H2,1H3. The lowest BCUT2D eigenvalue weighted by Crippen LogP contribution is -2.31. The first-order valence-electron chi connectivity index (χ1n) is 5.84. The van der Waals surface area contributed by atoms with Crippen LogP contribution >= 0.6 is 11.8 Å². The van der Waals surface area contributed by atoms with Crippen LogP contribution in [-0.4, -0.2) is 17.1 Å². The summed E-state index contributed by atoms with van der Waals surface area (Å²) in [5.41, 5.74) is 2.86. The number of rotatable bonds is 2. The molecular formula is C13H17NOS. The summed E-state index contributed by atoms with van der Waals surface area (Å²) >= 11 is 1.99. The zero-order chi connectivity index (χ0) is 11.0. The van der Waals surface area contributed by atoms with Crippen molar-refractivity contribution in [1.82, 2.24) is 5.32 Å². The summed E-state index contributed by atoms with van der Waals surface area (Å²) in [6.45, 7) is 4.21. The predicted molar refractivity (Wildman–Crippen MR) is 68.0 cm³/mol. The second-order valence-electron chi connectivity index (χ2n) is 4.89. The van der Waals surface area contributed by atoms with Gasteiger partial charge in [0.05, 0.1) is 0 Å². The molecule has 2 aliphatic rings. The van der Waals surface area contributed by atoms with Gasteiger partial charge in [0.15, 0.2) is 0 Å². The molecule has 1 aromatic carbocycles. The number of nitrogens with one attached hydrogen (secondary N) is 1. The topological polar surface area (TPSA) is 21.3 Å². The predicted octanol–water partition coefficient (Wildman–Crippen LogP) is 2.56. The second-order valence-corrected chi connectivity index (χ2v) is 5.99. The summed E-state index contributed by atoms with van der Waals surface area (Å²) in [6.07, 6.45) is 1.16. The number of hydrogen-bond acceptors (Lipinski definition) is 3. The monoisotopic (exact) mass is 235 g/mol. The zero-order valence-corrected chi connectivity index (χ0v) is 10.4. The summed E-state index contributed by atoms with van der Waals surface area (Å²) in [6, 6.07) is 6.50. The van der Waals surface area contributed by atoms with Crippen molar-refractivity contribution in [3.8, 4) is 5.75 Å². The van der Waals surface area contributed by atoms with Crippen LogP contribution in [-0.2, 0) is 13.1 Å². The van der Waals surface area contributed by atoms with Crippen molar-refractivity contribution < 1.29 is 4.74 Å². The van der Waals surface area contributed by atoms with Crippen molar-refractivity contribution in [2.75, 3.05) is 11.5 Å². The Morgan fingerprint density at radius 2 is 2.19 bits per heavy atom. The molecule has 1 fully saturated rings. The number of thioether (sulfide) groups is 1. The van der Waals surface area contributed by atoms with Crippen LogP contribution in [0.15, 0.2) is 18.2 Å². The minimum Gasteiger partial charge on any atom is -0.487 e. The maximum absolute atomic E-state index is 6.14. The molecule has 2 heterocycles. The normalized spacial score (nSPS) is 28.1. The zero-order valence-electron chi connectivity index (χ0n) is 9.58. The maximum atomic E-state index is 6.14. The number of hydrogen-bond donors (Lipinski definition) is 1. The van der Waals surface area contributed by atoms with E-state index >= 15 is 0 Å². The highest BCUT2D eigenvalue weighted by molar-refractivity contribution is 7.99. The summed E-state index contributed by atoms with van der Waals surface area (Å²) in [5.74, 6) is 3.37. The Hall–Kier alpha value is -0.670. The Balaban J connectivity index is 1.80. The van der Waals surface area contributed by atoms with Crippen molar-refractivity contribution >= 4 is 11.8 Å². The molecule has 2 aliphatic heterocycles. The van der Waals surface area contributed by atoms with Gasteiger partial charge in [-0.25, -0.2) is 0 Å². The first-order chi connectivity index (χ1) is 7.75. The third kappa shape index (κ3) is 1.94. The molecule has 1 N–H and O–H groups in total. The van der Waals surface area contributed by atoms with Crippen LogP contribution in [0.25, 0.3) is 0 Å².